The maximum Gasteiger partial charge on any atom is 0.261 e. The molecule has 0 unspecified atom stereocenters. The molecule has 24 heavy (non-hydrogen) atoms. The van der Waals surface area contributed by atoms with Crippen molar-refractivity contribution < 1.29 is 4.79 Å². The van der Waals surface area contributed by atoms with Crippen LogP contribution >= 0.6 is 0 Å². The maximum absolute atomic E-state index is 12.5. The molecule has 0 saturated carbocycles. The van der Waals surface area contributed by atoms with Crippen molar-refractivity contribution in [1.82, 2.24) is 9.97 Å². The van der Waals surface area contributed by atoms with Crippen LogP contribution in [0.15, 0.2) is 47.3 Å². The van der Waals surface area contributed by atoms with E-state index in [1.807, 2.05) is 50.2 Å². The number of H-pyrrole nitrogens is 1. The Bertz CT molecular complexity index is 1010. The summed E-state index contributed by atoms with van der Waals surface area (Å²) >= 11 is 0. The Labute approximate surface area is 139 Å². The first-order chi connectivity index (χ1) is 11.5. The number of hydrogen-bond donors (Lipinski definition) is 1. The molecule has 1 aromatic carbocycles. The van der Waals surface area contributed by atoms with Crippen LogP contribution in [0.25, 0.3) is 17.1 Å². The first kappa shape index (κ1) is 15.9. The van der Waals surface area contributed by atoms with Crippen molar-refractivity contribution in [1.29, 1.82) is 0 Å². The third kappa shape index (κ3) is 3.04. The number of aryl methyl sites for hydroxylation is 3. The predicted octanol–water partition coefficient (Wildman–Crippen LogP) is 3.74. The summed E-state index contributed by atoms with van der Waals surface area (Å²) < 4.78 is 0. The van der Waals surface area contributed by atoms with Crippen LogP contribution in [0.3, 0.4) is 0 Å². The Morgan fingerprint density at radius 2 is 1.75 bits per heavy atom. The Hall–Kier alpha value is -3.01. The average molecular weight is 318 g/mol. The van der Waals surface area contributed by atoms with Crippen molar-refractivity contribution in [2.24, 2.45) is 0 Å². The summed E-state index contributed by atoms with van der Waals surface area (Å²) in [6.45, 7) is 5.64. The number of rotatable bonds is 3. The second kappa shape index (κ2) is 6.24. The van der Waals surface area contributed by atoms with Gasteiger partial charge in [0.05, 0.1) is 5.56 Å². The number of ketones is 1. The van der Waals surface area contributed by atoms with Crippen molar-refractivity contribution in [2.45, 2.75) is 20.8 Å². The summed E-state index contributed by atoms with van der Waals surface area (Å²) in [5, 5.41) is 0.785. The Kier molecular flexibility index (Phi) is 4.13. The van der Waals surface area contributed by atoms with Crippen LogP contribution in [0.4, 0.5) is 0 Å². The first-order valence-electron chi connectivity index (χ1n) is 7.75. The quantitative estimate of drug-likeness (QED) is 0.591. The summed E-state index contributed by atoms with van der Waals surface area (Å²) in [7, 11) is 0. The molecular weight excluding hydrogens is 300 g/mol. The van der Waals surface area contributed by atoms with Crippen LogP contribution in [-0.4, -0.2) is 15.8 Å². The number of allylic oxidation sites excluding steroid dienone is 1. The smallest absolute Gasteiger partial charge is 0.261 e. The second-order valence-electron chi connectivity index (χ2n) is 5.91. The largest absolute Gasteiger partial charge is 0.306 e. The molecule has 1 N–H and O–H groups in total. The fourth-order valence-corrected chi connectivity index (χ4v) is 2.66. The molecule has 2 heterocycles. The van der Waals surface area contributed by atoms with E-state index in [0.717, 1.165) is 22.2 Å². The highest BCUT2D eigenvalue weighted by molar-refractivity contribution is 6.09. The molecule has 0 atom stereocenters. The highest BCUT2D eigenvalue weighted by Crippen LogP contribution is 2.17. The summed E-state index contributed by atoms with van der Waals surface area (Å²) in [6.07, 6.45) is 3.16. The molecule has 0 radical (unpaired) electrons. The van der Waals surface area contributed by atoms with Crippen molar-refractivity contribution in [3.63, 3.8) is 0 Å². The third-order valence-corrected chi connectivity index (χ3v) is 4.02. The molecule has 0 amide bonds. The lowest BCUT2D eigenvalue weighted by Gasteiger charge is -2.06. The summed E-state index contributed by atoms with van der Waals surface area (Å²) in [6, 6.07) is 11.6. The number of hydrogen-bond acceptors (Lipinski definition) is 3. The van der Waals surface area contributed by atoms with Crippen LogP contribution in [0.1, 0.15) is 32.7 Å². The minimum absolute atomic E-state index is 0.163. The van der Waals surface area contributed by atoms with Crippen LogP contribution in [0.5, 0.6) is 0 Å². The van der Waals surface area contributed by atoms with E-state index in [2.05, 4.69) is 9.97 Å². The van der Waals surface area contributed by atoms with E-state index in [1.54, 1.807) is 13.0 Å². The first-order valence-corrected chi connectivity index (χ1v) is 7.75. The number of pyridine rings is 2. The SMILES string of the molecule is Cc1ccc(/C=C/C(=O)c2c(C)c3ccc(C)nc3[nH]c2=O)cc1. The zero-order chi connectivity index (χ0) is 17.3. The average Bonchev–Trinajstić information content (AvgIpc) is 2.54. The standard InChI is InChI=1S/C20H18N2O2/c1-12-4-7-15(8-5-12)9-11-17(23)18-14(3)16-10-6-13(2)21-19(16)22-20(18)24/h4-11H,1-3H3,(H,21,22,24)/b11-9+. The molecule has 0 spiro atoms. The van der Waals surface area contributed by atoms with E-state index in [0.29, 0.717) is 11.2 Å². The fourth-order valence-electron chi connectivity index (χ4n) is 2.66. The molecule has 0 fully saturated rings. The molecule has 0 aliphatic rings. The topological polar surface area (TPSA) is 62.8 Å². The fraction of sp³-hybridized carbons (Fsp3) is 0.150. The molecule has 0 aliphatic heterocycles. The lowest BCUT2D eigenvalue weighted by Crippen LogP contribution is -2.19. The Morgan fingerprint density at radius 3 is 2.46 bits per heavy atom. The van der Waals surface area contributed by atoms with Gasteiger partial charge in [0.15, 0.2) is 5.78 Å². The van der Waals surface area contributed by atoms with Crippen molar-refractivity contribution in [3.8, 4) is 0 Å². The van der Waals surface area contributed by atoms with E-state index in [-0.39, 0.29) is 11.3 Å². The minimum Gasteiger partial charge on any atom is -0.306 e. The van der Waals surface area contributed by atoms with E-state index in [4.69, 9.17) is 0 Å². The van der Waals surface area contributed by atoms with Gasteiger partial charge < -0.3 is 4.98 Å². The molecule has 4 heteroatoms. The molecule has 4 nitrogen and oxygen atoms in total. The van der Waals surface area contributed by atoms with Gasteiger partial charge in [0.2, 0.25) is 0 Å². The van der Waals surface area contributed by atoms with Gasteiger partial charge in [0.1, 0.15) is 5.65 Å². The van der Waals surface area contributed by atoms with Gasteiger partial charge in [-0.15, -0.1) is 0 Å². The number of benzene rings is 1. The van der Waals surface area contributed by atoms with Crippen molar-refractivity contribution in [3.05, 3.63) is 80.8 Å². The van der Waals surface area contributed by atoms with Gasteiger partial charge in [-0.2, -0.15) is 0 Å². The summed E-state index contributed by atoms with van der Waals surface area (Å²) in [5.41, 5.74) is 3.81. The lowest BCUT2D eigenvalue weighted by molar-refractivity contribution is 0.104. The van der Waals surface area contributed by atoms with Gasteiger partial charge in [0, 0.05) is 11.1 Å². The lowest BCUT2D eigenvalue weighted by atomic mass is 10.0. The highest BCUT2D eigenvalue weighted by Gasteiger charge is 2.15. The number of nitrogens with one attached hydrogen (secondary N) is 1. The monoisotopic (exact) mass is 318 g/mol. The van der Waals surface area contributed by atoms with Crippen LogP contribution in [-0.2, 0) is 0 Å². The van der Waals surface area contributed by atoms with E-state index >= 15 is 0 Å². The minimum atomic E-state index is -0.406. The van der Waals surface area contributed by atoms with Crippen molar-refractivity contribution >= 4 is 22.9 Å². The molecule has 2 aromatic heterocycles. The molecule has 3 rings (SSSR count). The van der Waals surface area contributed by atoms with Gasteiger partial charge in [-0.05, 0) is 50.1 Å². The highest BCUT2D eigenvalue weighted by atomic mass is 16.1. The van der Waals surface area contributed by atoms with Gasteiger partial charge in [-0.1, -0.05) is 35.9 Å². The van der Waals surface area contributed by atoms with Crippen LogP contribution in [0.2, 0.25) is 0 Å². The maximum atomic E-state index is 12.5. The zero-order valence-electron chi connectivity index (χ0n) is 13.9. The zero-order valence-corrected chi connectivity index (χ0v) is 13.9. The van der Waals surface area contributed by atoms with E-state index in [9.17, 15) is 9.59 Å². The number of nitrogens with zero attached hydrogens (tertiary/aromatic N) is 1. The Morgan fingerprint density at radius 1 is 1.04 bits per heavy atom. The normalized spacial score (nSPS) is 11.3. The predicted molar refractivity (Wildman–Crippen MR) is 96.4 cm³/mol. The third-order valence-electron chi connectivity index (χ3n) is 4.02. The number of aromatic amines is 1. The second-order valence-corrected chi connectivity index (χ2v) is 5.91. The van der Waals surface area contributed by atoms with Gasteiger partial charge in [-0.3, -0.25) is 9.59 Å². The molecule has 0 saturated heterocycles. The number of carbonyl (C=O) groups excluding carboxylic acids is 1. The number of aromatic nitrogens is 2. The molecule has 0 bridgehead atoms. The van der Waals surface area contributed by atoms with E-state index < -0.39 is 5.56 Å². The van der Waals surface area contributed by atoms with Gasteiger partial charge in [-0.25, -0.2) is 4.98 Å². The number of fused-ring (bicyclic) bond motifs is 1. The van der Waals surface area contributed by atoms with Crippen LogP contribution in [0, 0.1) is 20.8 Å². The number of carbonyl (C=O) groups is 1. The molecule has 120 valence electrons. The van der Waals surface area contributed by atoms with Gasteiger partial charge >= 0.3 is 0 Å². The Balaban J connectivity index is 2.02. The van der Waals surface area contributed by atoms with Gasteiger partial charge in [0.25, 0.3) is 5.56 Å². The molecular formula is C20H18N2O2. The summed E-state index contributed by atoms with van der Waals surface area (Å²) in [5.74, 6) is -0.309. The van der Waals surface area contributed by atoms with Crippen LogP contribution < -0.4 is 5.56 Å². The molecule has 0 aliphatic carbocycles. The van der Waals surface area contributed by atoms with E-state index in [1.165, 1.54) is 6.08 Å². The molecule has 3 aromatic rings. The summed E-state index contributed by atoms with van der Waals surface area (Å²) in [4.78, 5) is 31.8. The van der Waals surface area contributed by atoms with Crippen molar-refractivity contribution in [2.75, 3.05) is 0 Å².